The molecule has 412 valence electrons. The monoisotopic (exact) mass is 1020 g/mol. The second kappa shape index (κ2) is 52.8. The molecule has 0 bridgehead atoms. The number of quaternary nitrogens is 1. The fraction of sp³-hybridized carbons (Fsp3) is 0.667. The highest BCUT2D eigenvalue weighted by Gasteiger charge is 2.28. The molecule has 0 spiro atoms. The lowest BCUT2D eigenvalue weighted by Crippen LogP contribution is -2.46. The predicted molar refractivity (Wildman–Crippen MR) is 313 cm³/mol. The van der Waals surface area contributed by atoms with E-state index in [9.17, 15) is 19.4 Å². The highest BCUT2D eigenvalue weighted by molar-refractivity contribution is 7.47. The third kappa shape index (κ3) is 54.7. The van der Waals surface area contributed by atoms with Crippen molar-refractivity contribution in [2.45, 2.75) is 231 Å². The summed E-state index contributed by atoms with van der Waals surface area (Å²) in [7, 11) is 1.58. The number of amides is 1. The van der Waals surface area contributed by atoms with Crippen LogP contribution in [0.2, 0.25) is 0 Å². The van der Waals surface area contributed by atoms with Crippen molar-refractivity contribution in [3.05, 3.63) is 122 Å². The molecule has 0 fully saturated rings. The van der Waals surface area contributed by atoms with E-state index in [2.05, 4.69) is 141 Å². The van der Waals surface area contributed by atoms with E-state index in [-0.39, 0.29) is 19.1 Å². The summed E-state index contributed by atoms with van der Waals surface area (Å²) >= 11 is 0. The number of nitrogens with zero attached hydrogens (tertiary/aromatic N) is 1. The van der Waals surface area contributed by atoms with Gasteiger partial charge in [0.25, 0.3) is 0 Å². The topological polar surface area (TPSA) is 105 Å². The standard InChI is InChI=1S/C63H109N2O6P/c1-6-8-10-12-14-16-18-20-22-23-24-25-26-27-28-29-30-31-32-33-34-35-36-37-38-39-40-41-43-45-47-49-51-53-55-57-63(67)64-61(60-71-72(68,69)70-59-58-65(3,4)5)62(66)56-54-52-50-48-46-44-42-21-19-17-15-13-11-9-7-2/h8,10,14,16,20,22,24-25,27-28,30-31,33-34,36-37,39-40,43,45,61-62,66H,6-7,9,11-13,15,17-19,21,23,26,29,32,35,38,41-42,44,46-60H2,1-5H3,(H-,64,67,68,69)/p+1/b10-8-,16-14-,22-20-,25-24-,28-27-,31-30-,34-33-,37-36-,40-39-,45-43-. The van der Waals surface area contributed by atoms with Crippen LogP contribution in [0, 0.1) is 0 Å². The van der Waals surface area contributed by atoms with Gasteiger partial charge in [0.15, 0.2) is 0 Å². The molecule has 3 unspecified atom stereocenters. The van der Waals surface area contributed by atoms with Crippen LogP contribution in [0.4, 0.5) is 0 Å². The van der Waals surface area contributed by atoms with E-state index >= 15 is 0 Å². The van der Waals surface area contributed by atoms with Crippen molar-refractivity contribution >= 4 is 13.7 Å². The lowest BCUT2D eigenvalue weighted by Gasteiger charge is -2.26. The first-order valence-electron chi connectivity index (χ1n) is 28.9. The lowest BCUT2D eigenvalue weighted by atomic mass is 10.0. The van der Waals surface area contributed by atoms with Gasteiger partial charge in [-0.2, -0.15) is 0 Å². The summed E-state index contributed by atoms with van der Waals surface area (Å²) in [6.45, 7) is 4.74. The molecule has 72 heavy (non-hydrogen) atoms. The molecule has 0 saturated carbocycles. The minimum absolute atomic E-state index is 0.0629. The summed E-state index contributed by atoms with van der Waals surface area (Å²) in [6.07, 6.45) is 78.2. The molecule has 0 aliphatic rings. The number of unbranched alkanes of at least 4 members (excludes halogenated alkanes) is 18. The second-order valence-corrected chi connectivity index (χ2v) is 21.7. The van der Waals surface area contributed by atoms with Crippen LogP contribution in [0.3, 0.4) is 0 Å². The van der Waals surface area contributed by atoms with Gasteiger partial charge in [0.2, 0.25) is 5.91 Å². The Bertz CT molecular complexity index is 1580. The summed E-state index contributed by atoms with van der Waals surface area (Å²) in [5.41, 5.74) is 0. The molecule has 0 radical (unpaired) electrons. The number of carbonyl (C=O) groups excluding carboxylic acids is 1. The number of aliphatic hydroxyl groups excluding tert-OH is 1. The molecule has 0 rings (SSSR count). The van der Waals surface area contributed by atoms with Crippen LogP contribution in [0.15, 0.2) is 122 Å². The van der Waals surface area contributed by atoms with Crippen LogP contribution in [0.5, 0.6) is 0 Å². The number of nitrogens with one attached hydrogen (secondary N) is 1. The highest BCUT2D eigenvalue weighted by atomic mass is 31.2. The Morgan fingerprint density at radius 1 is 0.486 bits per heavy atom. The summed E-state index contributed by atoms with van der Waals surface area (Å²) < 4.78 is 23.7. The van der Waals surface area contributed by atoms with E-state index in [1.807, 2.05) is 21.1 Å². The Labute approximate surface area is 444 Å². The van der Waals surface area contributed by atoms with Crippen LogP contribution in [-0.4, -0.2) is 73.4 Å². The van der Waals surface area contributed by atoms with Gasteiger partial charge in [0.1, 0.15) is 13.2 Å². The molecule has 9 heteroatoms. The van der Waals surface area contributed by atoms with Crippen molar-refractivity contribution in [3.63, 3.8) is 0 Å². The van der Waals surface area contributed by atoms with Gasteiger partial charge in [0, 0.05) is 6.42 Å². The van der Waals surface area contributed by atoms with Gasteiger partial charge in [-0.25, -0.2) is 4.57 Å². The van der Waals surface area contributed by atoms with Gasteiger partial charge in [-0.3, -0.25) is 13.8 Å². The van der Waals surface area contributed by atoms with Crippen molar-refractivity contribution in [1.29, 1.82) is 0 Å². The molecule has 0 aromatic rings. The van der Waals surface area contributed by atoms with Gasteiger partial charge in [-0.05, 0) is 89.9 Å². The van der Waals surface area contributed by atoms with Crippen molar-refractivity contribution in [1.82, 2.24) is 5.32 Å². The van der Waals surface area contributed by atoms with Crippen molar-refractivity contribution in [3.8, 4) is 0 Å². The van der Waals surface area contributed by atoms with E-state index in [4.69, 9.17) is 9.05 Å². The molecule has 0 aliphatic heterocycles. The van der Waals surface area contributed by atoms with Crippen LogP contribution >= 0.6 is 7.82 Å². The minimum Gasteiger partial charge on any atom is -0.391 e. The molecule has 0 heterocycles. The summed E-state index contributed by atoms with van der Waals surface area (Å²) in [6, 6.07) is -0.783. The number of hydrogen-bond acceptors (Lipinski definition) is 5. The summed E-state index contributed by atoms with van der Waals surface area (Å²) in [4.78, 5) is 23.3. The average Bonchev–Trinajstić information content (AvgIpc) is 3.34. The fourth-order valence-corrected chi connectivity index (χ4v) is 8.46. The van der Waals surface area contributed by atoms with Crippen molar-refractivity contribution in [2.75, 3.05) is 40.9 Å². The first-order valence-corrected chi connectivity index (χ1v) is 30.4. The molecule has 0 aliphatic carbocycles. The zero-order chi connectivity index (χ0) is 52.7. The summed E-state index contributed by atoms with van der Waals surface area (Å²) in [5.74, 6) is -0.173. The van der Waals surface area contributed by atoms with E-state index in [0.29, 0.717) is 23.9 Å². The molecular weight excluding hydrogens is 912 g/mol. The third-order valence-corrected chi connectivity index (χ3v) is 13.2. The average molecular weight is 1020 g/mol. The second-order valence-electron chi connectivity index (χ2n) is 20.3. The van der Waals surface area contributed by atoms with Crippen LogP contribution in [0.1, 0.15) is 219 Å². The normalized spacial score (nSPS) is 14.8. The van der Waals surface area contributed by atoms with Gasteiger partial charge in [-0.1, -0.05) is 245 Å². The number of phosphoric acid groups is 1. The zero-order valence-corrected chi connectivity index (χ0v) is 47.8. The molecule has 0 saturated heterocycles. The number of carbonyl (C=O) groups is 1. The molecule has 1 amide bonds. The molecule has 3 atom stereocenters. The highest BCUT2D eigenvalue weighted by Crippen LogP contribution is 2.43. The Hall–Kier alpha value is -3.10. The first-order chi connectivity index (χ1) is 35.0. The Morgan fingerprint density at radius 3 is 1.22 bits per heavy atom. The number of likely N-dealkylation sites (N-methyl/N-ethyl adjacent to an activating group) is 1. The predicted octanol–water partition coefficient (Wildman–Crippen LogP) is 17.8. The smallest absolute Gasteiger partial charge is 0.391 e. The molecule has 0 aromatic carbocycles. The van der Waals surface area contributed by atoms with Gasteiger partial charge >= 0.3 is 7.82 Å². The zero-order valence-electron chi connectivity index (χ0n) is 46.9. The van der Waals surface area contributed by atoms with Crippen molar-refractivity contribution < 1.29 is 32.9 Å². The summed E-state index contributed by atoms with van der Waals surface area (Å²) in [5, 5.41) is 14.0. The van der Waals surface area contributed by atoms with E-state index < -0.39 is 20.0 Å². The number of hydrogen-bond donors (Lipinski definition) is 3. The van der Waals surface area contributed by atoms with Crippen LogP contribution in [0.25, 0.3) is 0 Å². The van der Waals surface area contributed by atoms with Gasteiger partial charge in [0.05, 0.1) is 39.9 Å². The van der Waals surface area contributed by atoms with E-state index in [1.54, 1.807) is 0 Å². The molecular formula is C63H110N2O6P+. The lowest BCUT2D eigenvalue weighted by molar-refractivity contribution is -0.870. The van der Waals surface area contributed by atoms with Crippen molar-refractivity contribution in [2.24, 2.45) is 0 Å². The van der Waals surface area contributed by atoms with Crippen LogP contribution in [-0.2, 0) is 18.4 Å². The maximum absolute atomic E-state index is 13.0. The SMILES string of the molecule is CC/C=C\C/C=C\C/C=C\C/C=C\C/C=C\C/C=C\C/C=C\C/C=C\C/C=C\C/C=C\CCCCCCC(=O)NC(COP(=O)(O)OCC[N+](C)(C)C)C(O)CCCCCCCCCCCCCCCCC. The number of phosphoric ester groups is 1. The molecule has 8 nitrogen and oxygen atoms in total. The van der Waals surface area contributed by atoms with Gasteiger partial charge in [-0.15, -0.1) is 0 Å². The Kier molecular flexibility index (Phi) is 50.5. The van der Waals surface area contributed by atoms with E-state index in [1.165, 1.54) is 77.0 Å². The fourth-order valence-electron chi connectivity index (χ4n) is 7.72. The van der Waals surface area contributed by atoms with Gasteiger partial charge < -0.3 is 19.8 Å². The van der Waals surface area contributed by atoms with E-state index in [0.717, 1.165) is 116 Å². The Balaban J connectivity index is 4.23. The minimum atomic E-state index is -4.34. The maximum Gasteiger partial charge on any atom is 0.472 e. The number of allylic oxidation sites excluding steroid dienone is 20. The van der Waals surface area contributed by atoms with Crippen LogP contribution < -0.4 is 5.32 Å². The third-order valence-electron chi connectivity index (χ3n) is 12.2. The number of aliphatic hydroxyl groups is 1. The quantitative estimate of drug-likeness (QED) is 0.0243. The first kappa shape index (κ1) is 68.9. The number of rotatable bonds is 51. The molecule has 3 N–H and O–H groups in total. The maximum atomic E-state index is 13.0. The largest absolute Gasteiger partial charge is 0.472 e. The Morgan fingerprint density at radius 2 is 0.833 bits per heavy atom. The molecule has 0 aromatic heterocycles.